The summed E-state index contributed by atoms with van der Waals surface area (Å²) >= 11 is 0. The van der Waals surface area contributed by atoms with Crippen molar-refractivity contribution in [3.05, 3.63) is 42.1 Å². The standard InChI is InChI=1S/C19H21FN6O/c1-3-17(27)24-8-10-25(11-9-24)18-16-12-21-26(19(16)23-13(2)22-18)15-6-4-14(20)5-7-15/h4-7,12H,3,8-11H2,1-2H3. The first-order valence-corrected chi connectivity index (χ1v) is 9.08. The van der Waals surface area contributed by atoms with Gasteiger partial charge in [-0.2, -0.15) is 5.10 Å². The van der Waals surface area contributed by atoms with Crippen LogP contribution < -0.4 is 4.90 Å². The lowest BCUT2D eigenvalue weighted by atomic mass is 10.2. The van der Waals surface area contributed by atoms with Crippen molar-refractivity contribution in [2.75, 3.05) is 31.1 Å². The monoisotopic (exact) mass is 368 g/mol. The van der Waals surface area contributed by atoms with E-state index in [4.69, 9.17) is 0 Å². The number of halogens is 1. The van der Waals surface area contributed by atoms with Crippen molar-refractivity contribution in [1.29, 1.82) is 0 Å². The smallest absolute Gasteiger partial charge is 0.222 e. The highest BCUT2D eigenvalue weighted by molar-refractivity contribution is 5.88. The number of carbonyl (C=O) groups excluding carboxylic acids is 1. The van der Waals surface area contributed by atoms with E-state index in [1.54, 1.807) is 23.0 Å². The van der Waals surface area contributed by atoms with Gasteiger partial charge in [0.25, 0.3) is 0 Å². The number of carbonyl (C=O) groups is 1. The highest BCUT2D eigenvalue weighted by Gasteiger charge is 2.24. The third-order valence-electron chi connectivity index (χ3n) is 4.83. The summed E-state index contributed by atoms with van der Waals surface area (Å²) in [5.74, 6) is 1.37. The molecule has 1 aliphatic rings. The zero-order valence-electron chi connectivity index (χ0n) is 15.4. The summed E-state index contributed by atoms with van der Waals surface area (Å²) < 4.78 is 14.9. The average molecular weight is 368 g/mol. The molecule has 1 amide bonds. The second kappa shape index (κ2) is 6.94. The number of fused-ring (bicyclic) bond motifs is 1. The van der Waals surface area contributed by atoms with Crippen molar-refractivity contribution in [3.63, 3.8) is 0 Å². The van der Waals surface area contributed by atoms with Crippen LogP contribution in [0, 0.1) is 12.7 Å². The van der Waals surface area contributed by atoms with Crippen LogP contribution in [0.2, 0.25) is 0 Å². The number of rotatable bonds is 3. The molecule has 3 aromatic rings. The van der Waals surface area contributed by atoms with Crippen molar-refractivity contribution >= 4 is 22.8 Å². The van der Waals surface area contributed by atoms with Crippen LogP contribution in [0.1, 0.15) is 19.2 Å². The van der Waals surface area contributed by atoms with E-state index >= 15 is 0 Å². The van der Waals surface area contributed by atoms with Gasteiger partial charge in [0, 0.05) is 32.6 Å². The molecule has 140 valence electrons. The van der Waals surface area contributed by atoms with E-state index in [9.17, 15) is 9.18 Å². The maximum Gasteiger partial charge on any atom is 0.222 e. The van der Waals surface area contributed by atoms with Crippen LogP contribution in [0.3, 0.4) is 0 Å². The van der Waals surface area contributed by atoms with Crippen molar-refractivity contribution in [1.82, 2.24) is 24.6 Å². The van der Waals surface area contributed by atoms with E-state index in [2.05, 4.69) is 20.0 Å². The summed E-state index contributed by atoms with van der Waals surface area (Å²) in [5, 5.41) is 5.30. The zero-order valence-corrected chi connectivity index (χ0v) is 15.4. The maximum atomic E-state index is 13.2. The lowest BCUT2D eigenvalue weighted by Gasteiger charge is -2.35. The third kappa shape index (κ3) is 3.22. The van der Waals surface area contributed by atoms with Crippen LogP contribution in [0.4, 0.5) is 10.2 Å². The number of amides is 1. The van der Waals surface area contributed by atoms with Crippen LogP contribution in [0.15, 0.2) is 30.5 Å². The van der Waals surface area contributed by atoms with Gasteiger partial charge in [-0.25, -0.2) is 19.0 Å². The number of hydrogen-bond acceptors (Lipinski definition) is 5. The topological polar surface area (TPSA) is 67.2 Å². The van der Waals surface area contributed by atoms with E-state index < -0.39 is 0 Å². The van der Waals surface area contributed by atoms with Crippen LogP contribution in [0.25, 0.3) is 16.7 Å². The molecule has 1 fully saturated rings. The molecule has 0 aliphatic carbocycles. The summed E-state index contributed by atoms with van der Waals surface area (Å²) in [6.45, 7) is 6.54. The van der Waals surface area contributed by atoms with Crippen molar-refractivity contribution in [2.45, 2.75) is 20.3 Å². The molecule has 0 radical (unpaired) electrons. The lowest BCUT2D eigenvalue weighted by Crippen LogP contribution is -2.49. The molecule has 0 saturated carbocycles. The molecule has 0 atom stereocenters. The third-order valence-corrected chi connectivity index (χ3v) is 4.83. The fraction of sp³-hybridized carbons (Fsp3) is 0.368. The molecule has 2 aromatic heterocycles. The Morgan fingerprint density at radius 3 is 2.48 bits per heavy atom. The Morgan fingerprint density at radius 2 is 1.81 bits per heavy atom. The van der Waals surface area contributed by atoms with Crippen LogP contribution in [0.5, 0.6) is 0 Å². The van der Waals surface area contributed by atoms with E-state index in [0.29, 0.717) is 31.0 Å². The van der Waals surface area contributed by atoms with Crippen molar-refractivity contribution in [2.24, 2.45) is 0 Å². The number of hydrogen-bond donors (Lipinski definition) is 0. The molecule has 1 saturated heterocycles. The Kier molecular flexibility index (Phi) is 4.47. The first-order chi connectivity index (χ1) is 13.1. The first-order valence-electron chi connectivity index (χ1n) is 9.08. The van der Waals surface area contributed by atoms with Gasteiger partial charge in [0.2, 0.25) is 5.91 Å². The second-order valence-electron chi connectivity index (χ2n) is 6.59. The number of benzene rings is 1. The fourth-order valence-corrected chi connectivity index (χ4v) is 3.40. The Morgan fingerprint density at radius 1 is 1.11 bits per heavy atom. The van der Waals surface area contributed by atoms with Gasteiger partial charge in [-0.15, -0.1) is 0 Å². The van der Waals surface area contributed by atoms with Gasteiger partial charge < -0.3 is 9.80 Å². The molecule has 3 heterocycles. The van der Waals surface area contributed by atoms with Crippen LogP contribution >= 0.6 is 0 Å². The average Bonchev–Trinajstić information content (AvgIpc) is 3.11. The SMILES string of the molecule is CCC(=O)N1CCN(c2nc(C)nc3c2cnn3-c2ccc(F)cc2)CC1. The van der Waals surface area contributed by atoms with Gasteiger partial charge >= 0.3 is 0 Å². The van der Waals surface area contributed by atoms with Crippen molar-refractivity contribution in [3.8, 4) is 5.69 Å². The van der Waals surface area contributed by atoms with Crippen LogP contribution in [-0.4, -0.2) is 56.7 Å². The zero-order chi connectivity index (χ0) is 19.0. The van der Waals surface area contributed by atoms with E-state index in [0.717, 1.165) is 30.0 Å². The Balaban J connectivity index is 1.69. The first kappa shape index (κ1) is 17.4. The fourth-order valence-electron chi connectivity index (χ4n) is 3.40. The molecule has 0 spiro atoms. The lowest BCUT2D eigenvalue weighted by molar-refractivity contribution is -0.131. The Hall–Kier alpha value is -3.03. The number of aryl methyl sites for hydroxylation is 1. The minimum absolute atomic E-state index is 0.183. The molecule has 0 N–H and O–H groups in total. The Bertz CT molecular complexity index is 976. The maximum absolute atomic E-state index is 13.2. The molecular formula is C19H21FN6O. The molecule has 7 nitrogen and oxygen atoms in total. The molecule has 27 heavy (non-hydrogen) atoms. The predicted molar refractivity (Wildman–Crippen MR) is 100 cm³/mol. The summed E-state index contributed by atoms with van der Waals surface area (Å²) in [7, 11) is 0. The van der Waals surface area contributed by atoms with Gasteiger partial charge in [0.1, 0.15) is 17.5 Å². The van der Waals surface area contributed by atoms with E-state index in [-0.39, 0.29) is 11.7 Å². The minimum atomic E-state index is -0.291. The van der Waals surface area contributed by atoms with Crippen molar-refractivity contribution < 1.29 is 9.18 Å². The highest BCUT2D eigenvalue weighted by atomic mass is 19.1. The quantitative estimate of drug-likeness (QED) is 0.710. The minimum Gasteiger partial charge on any atom is -0.352 e. The van der Waals surface area contributed by atoms with Gasteiger partial charge in [0.05, 0.1) is 17.3 Å². The number of anilines is 1. The van der Waals surface area contributed by atoms with E-state index in [1.807, 2.05) is 18.7 Å². The normalized spacial score (nSPS) is 14.8. The summed E-state index contributed by atoms with van der Waals surface area (Å²) in [4.78, 5) is 25.2. The summed E-state index contributed by atoms with van der Waals surface area (Å²) in [6.07, 6.45) is 2.28. The van der Waals surface area contributed by atoms with Gasteiger partial charge in [0.15, 0.2) is 5.65 Å². The molecule has 1 aliphatic heterocycles. The predicted octanol–water partition coefficient (Wildman–Crippen LogP) is 2.32. The largest absolute Gasteiger partial charge is 0.352 e. The van der Waals surface area contributed by atoms with Gasteiger partial charge in [-0.05, 0) is 31.2 Å². The highest BCUT2D eigenvalue weighted by Crippen LogP contribution is 2.26. The second-order valence-corrected chi connectivity index (χ2v) is 6.59. The molecule has 4 rings (SSSR count). The molecule has 0 unspecified atom stereocenters. The molecule has 0 bridgehead atoms. The molecular weight excluding hydrogens is 347 g/mol. The Labute approximate surface area is 156 Å². The van der Waals surface area contributed by atoms with Gasteiger partial charge in [-0.3, -0.25) is 4.79 Å². The number of piperazine rings is 1. The number of aromatic nitrogens is 4. The van der Waals surface area contributed by atoms with Crippen LogP contribution in [-0.2, 0) is 4.79 Å². The van der Waals surface area contributed by atoms with Gasteiger partial charge in [-0.1, -0.05) is 6.92 Å². The molecule has 1 aromatic carbocycles. The van der Waals surface area contributed by atoms with E-state index in [1.165, 1.54) is 12.1 Å². The molecule has 8 heteroatoms. The number of nitrogens with zero attached hydrogens (tertiary/aromatic N) is 6. The summed E-state index contributed by atoms with van der Waals surface area (Å²) in [6, 6.07) is 6.16. The summed E-state index contributed by atoms with van der Waals surface area (Å²) in [5.41, 5.74) is 1.44.